The largest absolute Gasteiger partial charge is 0.466 e. The zero-order valence-corrected chi connectivity index (χ0v) is 65.1. The van der Waals surface area contributed by atoms with Gasteiger partial charge in [-0.15, -0.1) is 0 Å². The standard InChI is InChI=1S/C90H171NO5/c1-3-5-7-9-11-13-15-17-19-21-23-24-25-37-40-43-47-50-54-58-62-66-70-74-78-82-88(93)87(86-92)91-89(94)83-79-75-71-67-63-59-55-51-48-44-41-38-35-33-31-29-27-26-28-30-32-34-36-39-42-45-49-53-57-61-65-69-73-77-81-85-96-90(95)84-80-76-72-68-64-60-56-52-46-22-20-18-16-14-12-10-8-6-4-2/h12,14,18,20,28,30,34,36,87-88,92-93H,3-11,13,15-17,19,21-27,29,31-33,35,37-86H2,1-2H3,(H,91,94)/b14-12-,20-18-,30-28-,36-34-. The average Bonchev–Trinajstić information content (AvgIpc) is 3.16. The van der Waals surface area contributed by atoms with Gasteiger partial charge < -0.3 is 20.3 Å². The summed E-state index contributed by atoms with van der Waals surface area (Å²) in [5.74, 6) is -0.0130. The van der Waals surface area contributed by atoms with Gasteiger partial charge in [0.05, 0.1) is 25.4 Å². The number of nitrogens with one attached hydrogen (secondary N) is 1. The second kappa shape index (κ2) is 85.2. The summed E-state index contributed by atoms with van der Waals surface area (Å²) in [7, 11) is 0. The lowest BCUT2D eigenvalue weighted by atomic mass is 10.0. The molecular formula is C90H171NO5. The summed E-state index contributed by atoms with van der Waals surface area (Å²) in [6.07, 6.45) is 114. The number of allylic oxidation sites excluding steroid dienone is 8. The van der Waals surface area contributed by atoms with E-state index in [-0.39, 0.29) is 18.5 Å². The molecule has 566 valence electrons. The van der Waals surface area contributed by atoms with Crippen molar-refractivity contribution in [3.8, 4) is 0 Å². The van der Waals surface area contributed by atoms with E-state index < -0.39 is 12.1 Å². The molecule has 2 unspecified atom stereocenters. The highest BCUT2D eigenvalue weighted by Crippen LogP contribution is 2.21. The van der Waals surface area contributed by atoms with Crippen molar-refractivity contribution in [2.75, 3.05) is 13.2 Å². The van der Waals surface area contributed by atoms with Gasteiger partial charge in [-0.05, 0) is 89.9 Å². The predicted molar refractivity (Wildman–Crippen MR) is 426 cm³/mol. The summed E-state index contributed by atoms with van der Waals surface area (Å²) < 4.78 is 5.51. The van der Waals surface area contributed by atoms with E-state index in [1.54, 1.807) is 0 Å². The fourth-order valence-corrected chi connectivity index (χ4v) is 13.9. The minimum atomic E-state index is -0.665. The Labute approximate surface area is 601 Å². The van der Waals surface area contributed by atoms with Gasteiger partial charge in [-0.1, -0.05) is 435 Å². The van der Waals surface area contributed by atoms with Gasteiger partial charge in [0.15, 0.2) is 0 Å². The normalized spacial score (nSPS) is 12.7. The topological polar surface area (TPSA) is 95.9 Å². The van der Waals surface area contributed by atoms with E-state index in [4.69, 9.17) is 4.74 Å². The van der Waals surface area contributed by atoms with Gasteiger partial charge in [0.1, 0.15) is 0 Å². The van der Waals surface area contributed by atoms with Gasteiger partial charge in [-0.25, -0.2) is 0 Å². The maximum Gasteiger partial charge on any atom is 0.305 e. The third kappa shape index (κ3) is 80.8. The molecular weight excluding hydrogens is 1170 g/mol. The number of esters is 1. The van der Waals surface area contributed by atoms with E-state index in [1.165, 1.54) is 398 Å². The molecule has 0 bridgehead atoms. The minimum absolute atomic E-state index is 0.0138. The van der Waals surface area contributed by atoms with Gasteiger partial charge >= 0.3 is 5.97 Å². The smallest absolute Gasteiger partial charge is 0.305 e. The first kappa shape index (κ1) is 93.8. The third-order valence-electron chi connectivity index (χ3n) is 20.6. The number of carbonyl (C=O) groups is 2. The zero-order chi connectivity index (χ0) is 69.1. The second-order valence-electron chi connectivity index (χ2n) is 30.2. The Morgan fingerprint density at radius 1 is 0.292 bits per heavy atom. The van der Waals surface area contributed by atoms with Crippen molar-refractivity contribution in [1.82, 2.24) is 5.32 Å². The Hall–Kier alpha value is -2.18. The molecule has 0 radical (unpaired) electrons. The van der Waals surface area contributed by atoms with Crippen molar-refractivity contribution in [3.05, 3.63) is 48.6 Å². The van der Waals surface area contributed by atoms with E-state index in [2.05, 4.69) is 67.8 Å². The summed E-state index contributed by atoms with van der Waals surface area (Å²) >= 11 is 0. The number of aliphatic hydroxyl groups is 2. The van der Waals surface area contributed by atoms with Gasteiger partial charge in [0.2, 0.25) is 5.91 Å². The maximum atomic E-state index is 12.6. The molecule has 6 nitrogen and oxygen atoms in total. The molecule has 0 aliphatic heterocycles. The van der Waals surface area contributed by atoms with E-state index in [0.29, 0.717) is 25.9 Å². The highest BCUT2D eigenvalue weighted by molar-refractivity contribution is 5.76. The van der Waals surface area contributed by atoms with Crippen LogP contribution in [0.1, 0.15) is 489 Å². The molecule has 0 aliphatic rings. The van der Waals surface area contributed by atoms with Crippen LogP contribution < -0.4 is 5.32 Å². The molecule has 0 saturated heterocycles. The van der Waals surface area contributed by atoms with Crippen molar-refractivity contribution < 1.29 is 24.5 Å². The molecule has 0 spiro atoms. The first-order valence-electron chi connectivity index (χ1n) is 43.9. The molecule has 2 atom stereocenters. The Morgan fingerprint density at radius 3 is 0.812 bits per heavy atom. The van der Waals surface area contributed by atoms with Crippen LogP contribution in [0.4, 0.5) is 0 Å². The highest BCUT2D eigenvalue weighted by atomic mass is 16.5. The Balaban J connectivity index is 3.37. The third-order valence-corrected chi connectivity index (χ3v) is 20.6. The van der Waals surface area contributed by atoms with Gasteiger partial charge in [-0.2, -0.15) is 0 Å². The number of aliphatic hydroxyl groups excluding tert-OH is 2. The lowest BCUT2D eigenvalue weighted by molar-refractivity contribution is -0.143. The lowest BCUT2D eigenvalue weighted by Gasteiger charge is -2.22. The quantitative estimate of drug-likeness (QED) is 0.0320. The molecule has 0 fully saturated rings. The van der Waals surface area contributed by atoms with Gasteiger partial charge in [0.25, 0.3) is 0 Å². The monoisotopic (exact) mass is 1350 g/mol. The summed E-state index contributed by atoms with van der Waals surface area (Å²) in [6.45, 7) is 4.98. The highest BCUT2D eigenvalue weighted by Gasteiger charge is 2.20. The van der Waals surface area contributed by atoms with Gasteiger partial charge in [-0.3, -0.25) is 9.59 Å². The molecule has 6 heteroatoms. The van der Waals surface area contributed by atoms with Crippen LogP contribution >= 0.6 is 0 Å². The molecule has 0 heterocycles. The number of amides is 1. The van der Waals surface area contributed by atoms with E-state index >= 15 is 0 Å². The first-order valence-corrected chi connectivity index (χ1v) is 43.9. The number of carbonyl (C=O) groups excluding carboxylic acids is 2. The Bertz CT molecular complexity index is 1600. The molecule has 0 aromatic heterocycles. The summed E-state index contributed by atoms with van der Waals surface area (Å²) in [5, 5.41) is 23.5. The van der Waals surface area contributed by atoms with Crippen molar-refractivity contribution in [2.45, 2.75) is 501 Å². The zero-order valence-electron chi connectivity index (χ0n) is 65.1. The van der Waals surface area contributed by atoms with Crippen LogP contribution in [-0.2, 0) is 14.3 Å². The van der Waals surface area contributed by atoms with E-state index in [0.717, 1.165) is 57.8 Å². The molecule has 0 rings (SSSR count). The number of ether oxygens (including phenoxy) is 1. The first-order chi connectivity index (χ1) is 47.5. The van der Waals surface area contributed by atoms with Crippen LogP contribution in [0, 0.1) is 0 Å². The van der Waals surface area contributed by atoms with Crippen molar-refractivity contribution in [3.63, 3.8) is 0 Å². The summed E-state index contributed by atoms with van der Waals surface area (Å²) in [6, 6.07) is -0.542. The van der Waals surface area contributed by atoms with Crippen LogP contribution in [-0.4, -0.2) is 47.4 Å². The lowest BCUT2D eigenvalue weighted by Crippen LogP contribution is -2.45. The molecule has 0 aromatic carbocycles. The van der Waals surface area contributed by atoms with E-state index in [1.807, 2.05) is 0 Å². The fraction of sp³-hybridized carbons (Fsp3) is 0.889. The fourth-order valence-electron chi connectivity index (χ4n) is 13.9. The number of hydrogen-bond donors (Lipinski definition) is 3. The molecule has 0 saturated carbocycles. The molecule has 1 amide bonds. The van der Waals surface area contributed by atoms with E-state index in [9.17, 15) is 19.8 Å². The van der Waals surface area contributed by atoms with Crippen molar-refractivity contribution in [2.24, 2.45) is 0 Å². The van der Waals surface area contributed by atoms with Gasteiger partial charge in [0, 0.05) is 12.8 Å². The van der Waals surface area contributed by atoms with Crippen LogP contribution in [0.3, 0.4) is 0 Å². The number of rotatable bonds is 83. The van der Waals surface area contributed by atoms with Crippen LogP contribution in [0.25, 0.3) is 0 Å². The molecule has 0 aliphatic carbocycles. The Morgan fingerprint density at radius 2 is 0.521 bits per heavy atom. The summed E-state index contributed by atoms with van der Waals surface area (Å²) in [5.41, 5.74) is 0. The summed E-state index contributed by atoms with van der Waals surface area (Å²) in [4.78, 5) is 24.7. The predicted octanol–water partition coefficient (Wildman–Crippen LogP) is 29.5. The molecule has 0 aromatic rings. The second-order valence-corrected chi connectivity index (χ2v) is 30.2. The van der Waals surface area contributed by atoms with Crippen molar-refractivity contribution >= 4 is 11.9 Å². The molecule has 3 N–H and O–H groups in total. The van der Waals surface area contributed by atoms with Crippen LogP contribution in [0.15, 0.2) is 48.6 Å². The van der Waals surface area contributed by atoms with Crippen LogP contribution in [0.2, 0.25) is 0 Å². The Kier molecular flexibility index (Phi) is 83.3. The number of unbranched alkanes of at least 4 members (excludes halogenated alkanes) is 64. The van der Waals surface area contributed by atoms with Crippen molar-refractivity contribution in [1.29, 1.82) is 0 Å². The average molecular weight is 1350 g/mol. The maximum absolute atomic E-state index is 12.6. The van der Waals surface area contributed by atoms with Crippen LogP contribution in [0.5, 0.6) is 0 Å². The minimum Gasteiger partial charge on any atom is -0.466 e. The number of hydrogen-bond acceptors (Lipinski definition) is 5. The molecule has 96 heavy (non-hydrogen) atoms. The SMILES string of the molecule is CCCCC/C=C\C/C=C\CCCCCCCCCCCC(=O)OCCCCCCCCCCCCC/C=C\C/C=C\CCCCCCCCCCCCCCCCCCCC(=O)NC(CO)C(O)CCCCCCCCCCCCCCCCCCCCCCCCCCC.